The molecule has 1 N–H and O–H groups in total. The molecule has 0 aliphatic rings. The van der Waals surface area contributed by atoms with E-state index in [4.69, 9.17) is 4.74 Å². The number of thiophene rings is 1. The standard InChI is InChI=1S/C19H21N3O2S/c1-3-22-14(2)16(11-21-22)10-20-19(23)18-9-15(13-25-18)12-24-17-7-5-4-6-8-17/h4-9,11,13H,3,10,12H2,1-2H3,(H,20,23). The van der Waals surface area contributed by atoms with Gasteiger partial charge in [0.15, 0.2) is 0 Å². The SMILES string of the molecule is CCn1ncc(CNC(=O)c2cc(COc3ccccc3)cs2)c1C. The molecule has 0 radical (unpaired) electrons. The molecule has 0 unspecified atom stereocenters. The highest BCUT2D eigenvalue weighted by Gasteiger charge is 2.11. The lowest BCUT2D eigenvalue weighted by Crippen LogP contribution is -2.22. The van der Waals surface area contributed by atoms with Gasteiger partial charge in [-0.2, -0.15) is 5.10 Å². The zero-order valence-electron chi connectivity index (χ0n) is 14.4. The van der Waals surface area contributed by atoms with Crippen molar-refractivity contribution in [2.45, 2.75) is 33.5 Å². The normalized spacial score (nSPS) is 10.6. The van der Waals surface area contributed by atoms with Crippen molar-refractivity contribution in [1.82, 2.24) is 15.1 Å². The van der Waals surface area contributed by atoms with Gasteiger partial charge in [-0.05, 0) is 37.4 Å². The van der Waals surface area contributed by atoms with Crippen molar-refractivity contribution in [3.8, 4) is 5.75 Å². The zero-order chi connectivity index (χ0) is 17.6. The van der Waals surface area contributed by atoms with Gasteiger partial charge in [0.1, 0.15) is 12.4 Å². The maximum atomic E-state index is 12.3. The molecule has 3 aromatic rings. The Labute approximate surface area is 151 Å². The summed E-state index contributed by atoms with van der Waals surface area (Å²) in [6, 6.07) is 11.5. The minimum Gasteiger partial charge on any atom is -0.489 e. The van der Waals surface area contributed by atoms with E-state index in [1.165, 1.54) is 11.3 Å². The van der Waals surface area contributed by atoms with E-state index in [0.29, 0.717) is 18.0 Å². The van der Waals surface area contributed by atoms with Crippen LogP contribution in [0.2, 0.25) is 0 Å². The molecule has 6 heteroatoms. The smallest absolute Gasteiger partial charge is 0.261 e. The topological polar surface area (TPSA) is 56.2 Å². The maximum Gasteiger partial charge on any atom is 0.261 e. The van der Waals surface area contributed by atoms with Gasteiger partial charge in [-0.15, -0.1) is 11.3 Å². The lowest BCUT2D eigenvalue weighted by Gasteiger charge is -2.05. The van der Waals surface area contributed by atoms with Gasteiger partial charge in [-0.1, -0.05) is 18.2 Å². The fraction of sp³-hybridized carbons (Fsp3) is 0.263. The number of nitrogens with one attached hydrogen (secondary N) is 1. The molecule has 0 spiro atoms. The fourth-order valence-electron chi connectivity index (χ4n) is 2.49. The number of rotatable bonds is 7. The number of nitrogens with zero attached hydrogens (tertiary/aromatic N) is 2. The van der Waals surface area contributed by atoms with Crippen LogP contribution in [0, 0.1) is 6.92 Å². The number of carbonyl (C=O) groups is 1. The Kier molecular flexibility index (Phi) is 5.50. The van der Waals surface area contributed by atoms with Gasteiger partial charge >= 0.3 is 0 Å². The molecule has 0 atom stereocenters. The molecule has 25 heavy (non-hydrogen) atoms. The predicted octanol–water partition coefficient (Wildman–Crippen LogP) is 3.78. The van der Waals surface area contributed by atoms with Crippen molar-refractivity contribution in [2.75, 3.05) is 0 Å². The Morgan fingerprint density at radius 3 is 2.84 bits per heavy atom. The van der Waals surface area contributed by atoms with Crippen LogP contribution < -0.4 is 10.1 Å². The van der Waals surface area contributed by atoms with Crippen LogP contribution in [-0.2, 0) is 19.7 Å². The van der Waals surface area contributed by atoms with Crippen LogP contribution in [0.5, 0.6) is 5.75 Å². The van der Waals surface area contributed by atoms with E-state index in [1.807, 2.05) is 66.5 Å². The number of benzene rings is 1. The van der Waals surface area contributed by atoms with Gasteiger partial charge in [-0.3, -0.25) is 9.48 Å². The molecule has 1 aromatic carbocycles. The van der Waals surface area contributed by atoms with Crippen molar-refractivity contribution in [3.63, 3.8) is 0 Å². The summed E-state index contributed by atoms with van der Waals surface area (Å²) in [7, 11) is 0. The van der Waals surface area contributed by atoms with E-state index in [1.54, 1.807) is 0 Å². The first-order valence-electron chi connectivity index (χ1n) is 8.22. The summed E-state index contributed by atoms with van der Waals surface area (Å²) in [5.41, 5.74) is 3.12. The first-order chi connectivity index (χ1) is 12.2. The quantitative estimate of drug-likeness (QED) is 0.702. The first kappa shape index (κ1) is 17.2. The largest absolute Gasteiger partial charge is 0.489 e. The van der Waals surface area contributed by atoms with Crippen LogP contribution in [0.25, 0.3) is 0 Å². The number of ether oxygens (including phenoxy) is 1. The molecule has 0 fully saturated rings. The molecule has 2 aromatic heterocycles. The molecule has 0 bridgehead atoms. The van der Waals surface area contributed by atoms with E-state index < -0.39 is 0 Å². The third-order valence-electron chi connectivity index (χ3n) is 3.97. The highest BCUT2D eigenvalue weighted by atomic mass is 32.1. The summed E-state index contributed by atoms with van der Waals surface area (Å²) < 4.78 is 7.63. The molecule has 0 saturated heterocycles. The summed E-state index contributed by atoms with van der Waals surface area (Å²) in [6.07, 6.45) is 1.81. The van der Waals surface area contributed by atoms with E-state index in [2.05, 4.69) is 10.4 Å². The molecule has 0 aliphatic heterocycles. The summed E-state index contributed by atoms with van der Waals surface area (Å²) >= 11 is 1.43. The minimum absolute atomic E-state index is 0.0698. The highest BCUT2D eigenvalue weighted by molar-refractivity contribution is 7.12. The van der Waals surface area contributed by atoms with Crippen molar-refractivity contribution in [2.24, 2.45) is 0 Å². The molecule has 5 nitrogen and oxygen atoms in total. The third kappa shape index (κ3) is 4.28. The second-order valence-electron chi connectivity index (χ2n) is 5.67. The molecule has 0 saturated carbocycles. The van der Waals surface area contributed by atoms with Gasteiger partial charge in [0.2, 0.25) is 0 Å². The molecule has 1 amide bonds. The molecular formula is C19H21N3O2S. The number of hydrogen-bond acceptors (Lipinski definition) is 4. The predicted molar refractivity (Wildman–Crippen MR) is 98.9 cm³/mol. The van der Waals surface area contributed by atoms with Crippen LogP contribution >= 0.6 is 11.3 Å². The number of para-hydroxylation sites is 1. The van der Waals surface area contributed by atoms with Gasteiger partial charge in [0, 0.05) is 29.9 Å². The Morgan fingerprint density at radius 1 is 1.32 bits per heavy atom. The van der Waals surface area contributed by atoms with E-state index in [9.17, 15) is 4.79 Å². The van der Waals surface area contributed by atoms with Gasteiger partial charge in [-0.25, -0.2) is 0 Å². The maximum absolute atomic E-state index is 12.3. The van der Waals surface area contributed by atoms with E-state index in [0.717, 1.165) is 29.1 Å². The van der Waals surface area contributed by atoms with Crippen LogP contribution in [-0.4, -0.2) is 15.7 Å². The average molecular weight is 355 g/mol. The Balaban J connectivity index is 1.54. The average Bonchev–Trinajstić information content (AvgIpc) is 3.25. The number of aromatic nitrogens is 2. The van der Waals surface area contributed by atoms with Crippen LogP contribution in [0.15, 0.2) is 48.0 Å². The summed E-state index contributed by atoms with van der Waals surface area (Å²) in [4.78, 5) is 13.0. The summed E-state index contributed by atoms with van der Waals surface area (Å²) in [6.45, 7) is 5.83. The Bertz CT molecular complexity index is 839. The molecule has 130 valence electrons. The fourth-order valence-corrected chi connectivity index (χ4v) is 3.31. The number of hydrogen-bond donors (Lipinski definition) is 1. The van der Waals surface area contributed by atoms with Gasteiger partial charge in [0.05, 0.1) is 11.1 Å². The number of amides is 1. The van der Waals surface area contributed by atoms with E-state index in [-0.39, 0.29) is 5.91 Å². The summed E-state index contributed by atoms with van der Waals surface area (Å²) in [5.74, 6) is 0.753. The second kappa shape index (κ2) is 7.98. The van der Waals surface area contributed by atoms with Gasteiger partial charge < -0.3 is 10.1 Å². The monoisotopic (exact) mass is 355 g/mol. The summed E-state index contributed by atoms with van der Waals surface area (Å²) in [5, 5.41) is 9.21. The Morgan fingerprint density at radius 2 is 2.12 bits per heavy atom. The Hall–Kier alpha value is -2.60. The highest BCUT2D eigenvalue weighted by Crippen LogP contribution is 2.18. The van der Waals surface area contributed by atoms with Crippen LogP contribution in [0.4, 0.5) is 0 Å². The number of aryl methyl sites for hydroxylation is 1. The third-order valence-corrected chi connectivity index (χ3v) is 4.95. The minimum atomic E-state index is -0.0698. The lowest BCUT2D eigenvalue weighted by molar-refractivity contribution is 0.0955. The van der Waals surface area contributed by atoms with E-state index >= 15 is 0 Å². The number of carbonyl (C=O) groups excluding carboxylic acids is 1. The first-order valence-corrected chi connectivity index (χ1v) is 9.10. The second-order valence-corrected chi connectivity index (χ2v) is 6.59. The van der Waals surface area contributed by atoms with Crippen molar-refractivity contribution in [1.29, 1.82) is 0 Å². The molecular weight excluding hydrogens is 334 g/mol. The van der Waals surface area contributed by atoms with Crippen molar-refractivity contribution < 1.29 is 9.53 Å². The zero-order valence-corrected chi connectivity index (χ0v) is 15.2. The van der Waals surface area contributed by atoms with Crippen LogP contribution in [0.3, 0.4) is 0 Å². The molecule has 3 rings (SSSR count). The lowest BCUT2D eigenvalue weighted by atomic mass is 10.2. The molecule has 2 heterocycles. The van der Waals surface area contributed by atoms with Crippen molar-refractivity contribution >= 4 is 17.2 Å². The molecule has 0 aliphatic carbocycles. The van der Waals surface area contributed by atoms with Crippen molar-refractivity contribution in [3.05, 3.63) is 69.7 Å². The van der Waals surface area contributed by atoms with Crippen LogP contribution in [0.1, 0.15) is 33.4 Å². The van der Waals surface area contributed by atoms with Gasteiger partial charge in [0.25, 0.3) is 5.91 Å².